The first-order valence-electron chi connectivity index (χ1n) is 2.65. The Kier molecular flexibility index (Phi) is 1.89. The molecule has 1 aliphatic heterocycles. The molecule has 0 aromatic carbocycles. The summed E-state index contributed by atoms with van der Waals surface area (Å²) in [5, 5.41) is 1.50. The van der Waals surface area contributed by atoms with Gasteiger partial charge in [0.2, 0.25) is 0 Å². The van der Waals surface area contributed by atoms with Gasteiger partial charge in [0.25, 0.3) is 0 Å². The molecule has 42 valence electrons. The van der Waals surface area contributed by atoms with Crippen molar-refractivity contribution < 1.29 is 27.2 Å². The van der Waals surface area contributed by atoms with E-state index >= 15 is 0 Å². The molecule has 0 amide bonds. The van der Waals surface area contributed by atoms with Gasteiger partial charge in [0.05, 0.1) is 0 Å². The van der Waals surface area contributed by atoms with Crippen molar-refractivity contribution in [3.05, 3.63) is 12.2 Å². The zero-order valence-electron chi connectivity index (χ0n) is 7.18. The van der Waals surface area contributed by atoms with E-state index in [2.05, 4.69) is 26.0 Å². The van der Waals surface area contributed by atoms with E-state index in [0.29, 0.717) is 2.91 Å². The molecule has 0 aromatic heterocycles. The Morgan fingerprint density at radius 3 is 2.62 bits per heavy atom. The van der Waals surface area contributed by atoms with Crippen LogP contribution in [-0.4, -0.2) is 8.21 Å². The van der Waals surface area contributed by atoms with Crippen LogP contribution in [0.4, 0.5) is 0 Å². The van der Waals surface area contributed by atoms with E-state index < -0.39 is 0 Å². The van der Waals surface area contributed by atoms with Crippen LogP contribution in [0.25, 0.3) is 0 Å². The third kappa shape index (κ3) is 1.63. The summed E-state index contributed by atoms with van der Waals surface area (Å²) < 4.78 is 0.483. The Balaban J connectivity index is 0. The van der Waals surface area contributed by atoms with Gasteiger partial charge < -0.3 is 2.85 Å². The molecule has 1 aliphatic rings. The fraction of sp³-hybridized carbons (Fsp3) is 0.500. The van der Waals surface area contributed by atoms with Gasteiger partial charge in [0.15, 0.2) is 0 Å². The maximum absolute atomic E-state index is 2.30. The molecule has 1 unspecified atom stereocenters. The molecule has 0 spiro atoms. The van der Waals surface area contributed by atoms with Crippen LogP contribution in [0.3, 0.4) is 0 Å². The van der Waals surface area contributed by atoms with Gasteiger partial charge in [-0.15, -0.1) is 0 Å². The van der Waals surface area contributed by atoms with Crippen molar-refractivity contribution in [2.75, 3.05) is 0 Å². The first kappa shape index (κ1) is 6.89. The summed E-state index contributed by atoms with van der Waals surface area (Å²) >= 11 is 1.81. The van der Waals surface area contributed by atoms with Gasteiger partial charge in [-0.05, 0) is 0 Å². The van der Waals surface area contributed by atoms with E-state index in [9.17, 15) is 0 Å². The van der Waals surface area contributed by atoms with Gasteiger partial charge in [0.1, 0.15) is 0 Å². The molecule has 0 N–H and O–H groups in total. The zero-order chi connectivity index (χ0) is 6.20. The first-order valence-corrected chi connectivity index (χ1v) is 4.44. The van der Waals surface area contributed by atoms with Gasteiger partial charge in [-0.1, -0.05) is 0 Å². The Morgan fingerprint density at radius 1 is 1.88 bits per heavy atom. The summed E-state index contributed by atoms with van der Waals surface area (Å²) in [6.45, 7) is 4.46. The maximum Gasteiger partial charge on any atom is -1.00 e. The molecule has 0 aromatic rings. The number of rotatable bonds is 0. The van der Waals surface area contributed by atoms with Crippen LogP contribution < -0.4 is 0 Å². The molecule has 1 atom stereocenters. The van der Waals surface area contributed by atoms with Crippen LogP contribution in [-0.2, 0) is 24.4 Å². The third-order valence-electron chi connectivity index (χ3n) is 1.08. The third-order valence-corrected chi connectivity index (χ3v) is 3.12. The molecule has 0 radical (unpaired) electrons. The summed E-state index contributed by atoms with van der Waals surface area (Å²) in [7, 11) is 1.50. The summed E-state index contributed by atoms with van der Waals surface area (Å²) in [6, 6.07) is 0. The molecule has 0 saturated carbocycles. The predicted octanol–water partition coefficient (Wildman–Crippen LogP) is 2.18. The maximum atomic E-state index is 2.30. The van der Waals surface area contributed by atoms with E-state index in [4.69, 9.17) is 0 Å². The van der Waals surface area contributed by atoms with Crippen molar-refractivity contribution in [2.45, 2.75) is 16.8 Å². The zero-order valence-corrected chi connectivity index (χ0v) is 7.88. The Labute approximate surface area is 69.7 Å². The van der Waals surface area contributed by atoms with Gasteiger partial charge >= 0.3 is 66.8 Å². The Bertz CT molecular complexity index is 163. The van der Waals surface area contributed by atoms with Gasteiger partial charge in [-0.25, -0.2) is 0 Å². The van der Waals surface area contributed by atoms with Crippen molar-refractivity contribution in [1.29, 1.82) is 0 Å². The van der Waals surface area contributed by atoms with Crippen molar-refractivity contribution in [3.8, 4) is 0 Å². The molecule has 8 heavy (non-hydrogen) atoms. The quantitative estimate of drug-likeness (QED) is 0.474. The second-order valence-corrected chi connectivity index (χ2v) is 6.84. The minimum atomic E-state index is 0. The normalized spacial score (nSPS) is 37.8. The first-order chi connectivity index (χ1) is 3.60. The average Bonchev–Trinajstić information content (AvgIpc) is 1.82. The van der Waals surface area contributed by atoms with Crippen molar-refractivity contribution in [2.24, 2.45) is 0 Å². The van der Waals surface area contributed by atoms with E-state index in [1.54, 1.807) is 0 Å². The second kappa shape index (κ2) is 2.19. The van der Waals surface area contributed by atoms with Crippen LogP contribution in [0.5, 0.6) is 0 Å². The molecule has 1 heterocycles. The second-order valence-electron chi connectivity index (χ2n) is 2.31. The smallest absolute Gasteiger partial charge is 1.00 e. The SMILES string of the molecule is CC1=P[C](C)([Sc+2])C=C1.[H-].[H-]. The largest absolute Gasteiger partial charge is 1.00 e. The summed E-state index contributed by atoms with van der Waals surface area (Å²) in [5.41, 5.74) is 0. The minimum Gasteiger partial charge on any atom is -1.00 e. The summed E-state index contributed by atoms with van der Waals surface area (Å²) in [4.78, 5) is 0. The topological polar surface area (TPSA) is 0 Å². The molecule has 0 nitrogen and oxygen atoms in total. The molecule has 0 fully saturated rings. The Hall–Kier alpha value is 0.780. The van der Waals surface area contributed by atoms with Crippen molar-refractivity contribution in [1.82, 2.24) is 0 Å². The van der Waals surface area contributed by atoms with Gasteiger partial charge in [0, 0.05) is 0 Å². The molecule has 0 aliphatic carbocycles. The van der Waals surface area contributed by atoms with E-state index in [-0.39, 0.29) is 2.85 Å². The molecule has 0 bridgehead atoms. The fourth-order valence-corrected chi connectivity index (χ4v) is 2.91. The molecular weight excluding hydrogens is 148 g/mol. The molecular formula is C6H10PSc. The van der Waals surface area contributed by atoms with Crippen LogP contribution in [0.15, 0.2) is 12.2 Å². The van der Waals surface area contributed by atoms with Crippen molar-refractivity contribution in [3.63, 3.8) is 0 Å². The van der Waals surface area contributed by atoms with Crippen LogP contribution in [0, 0.1) is 0 Å². The van der Waals surface area contributed by atoms with E-state index in [1.165, 1.54) is 13.5 Å². The Morgan fingerprint density at radius 2 is 2.50 bits per heavy atom. The van der Waals surface area contributed by atoms with E-state index in [1.807, 2.05) is 24.4 Å². The van der Waals surface area contributed by atoms with Gasteiger partial charge in [-0.2, -0.15) is 0 Å². The monoisotopic (exact) mass is 158 g/mol. The van der Waals surface area contributed by atoms with Crippen LogP contribution in [0.2, 0.25) is 0 Å². The summed E-state index contributed by atoms with van der Waals surface area (Å²) in [6.07, 6.45) is 4.52. The fourth-order valence-electron chi connectivity index (χ4n) is 0.744. The van der Waals surface area contributed by atoms with E-state index in [0.717, 1.165) is 0 Å². The molecule has 2 heteroatoms. The van der Waals surface area contributed by atoms with Crippen LogP contribution in [0.1, 0.15) is 16.7 Å². The minimum absolute atomic E-state index is 0. The molecule has 1 rings (SSSR count). The van der Waals surface area contributed by atoms with Crippen LogP contribution >= 0.6 is 8.20 Å². The summed E-state index contributed by atoms with van der Waals surface area (Å²) in [5.74, 6) is 0. The molecule has 0 saturated heterocycles. The van der Waals surface area contributed by atoms with Crippen molar-refractivity contribution >= 4 is 13.5 Å². The number of hydrogen-bond acceptors (Lipinski definition) is 0. The standard InChI is InChI=1S/C6H8P.Sc.2H/c1-5-3-4-6(2)7-5;;;/h3-4H,1-2H3;;;/q;+2;2*-1. The number of hydrogen-bond donors (Lipinski definition) is 0. The van der Waals surface area contributed by atoms with Gasteiger partial charge in [-0.3, -0.25) is 0 Å². The number of allylic oxidation sites excluding steroid dienone is 2. The predicted molar refractivity (Wildman–Crippen MR) is 37.4 cm³/mol. The average molecular weight is 158 g/mol.